The van der Waals surface area contributed by atoms with Gasteiger partial charge in [-0.3, -0.25) is 0 Å². The van der Waals surface area contributed by atoms with Gasteiger partial charge in [-0.2, -0.15) is 17.5 Å². The van der Waals surface area contributed by atoms with Crippen LogP contribution in [0.25, 0.3) is 22.2 Å². The number of halogens is 3. The third-order valence-corrected chi connectivity index (χ3v) is 9.08. The largest absolute Gasteiger partial charge is 0.490 e. The van der Waals surface area contributed by atoms with Crippen LogP contribution in [0.2, 0.25) is 0 Å². The number of carboxylic acids is 1. The van der Waals surface area contributed by atoms with Gasteiger partial charge in [0.15, 0.2) is 0 Å². The van der Waals surface area contributed by atoms with Crippen LogP contribution in [0.3, 0.4) is 0 Å². The lowest BCUT2D eigenvalue weighted by molar-refractivity contribution is -0.192. The fraction of sp³-hybridized carbons (Fsp3) is 0.481. The highest BCUT2D eigenvalue weighted by molar-refractivity contribution is 7.89. The molecule has 1 saturated carbocycles. The molecule has 1 aliphatic carbocycles. The Morgan fingerprint density at radius 3 is 2.31 bits per heavy atom. The van der Waals surface area contributed by atoms with E-state index < -0.39 is 22.2 Å². The molecule has 212 valence electrons. The smallest absolute Gasteiger partial charge is 0.475 e. The molecular weight excluding hydrogens is 533 g/mol. The van der Waals surface area contributed by atoms with E-state index in [2.05, 4.69) is 21.4 Å². The number of aromatic nitrogens is 2. The molecular formula is C27H33F3N4O4S. The molecule has 0 spiro atoms. The van der Waals surface area contributed by atoms with Crippen molar-refractivity contribution >= 4 is 27.0 Å². The van der Waals surface area contributed by atoms with Crippen molar-refractivity contribution in [1.82, 2.24) is 19.6 Å². The molecule has 0 bridgehead atoms. The summed E-state index contributed by atoms with van der Waals surface area (Å²) in [5, 5.41) is 11.8. The number of alkyl halides is 3. The Labute approximate surface area is 225 Å². The second-order valence-electron chi connectivity index (χ2n) is 9.99. The number of carbonyl (C=O) groups is 1. The number of aliphatic carboxylic acids is 1. The molecule has 3 heterocycles. The van der Waals surface area contributed by atoms with E-state index in [1.165, 1.54) is 32.1 Å². The Bertz CT molecular complexity index is 1360. The summed E-state index contributed by atoms with van der Waals surface area (Å²) in [6.45, 7) is 3.12. The van der Waals surface area contributed by atoms with Crippen LogP contribution >= 0.6 is 0 Å². The minimum Gasteiger partial charge on any atom is -0.475 e. The van der Waals surface area contributed by atoms with Crippen molar-refractivity contribution < 1.29 is 31.5 Å². The molecule has 3 aromatic rings. The lowest BCUT2D eigenvalue weighted by Gasteiger charge is -2.21. The molecule has 3 N–H and O–H groups in total. The van der Waals surface area contributed by atoms with Gasteiger partial charge in [-0.05, 0) is 73.5 Å². The monoisotopic (exact) mass is 566 g/mol. The van der Waals surface area contributed by atoms with Gasteiger partial charge in [0.05, 0.1) is 4.90 Å². The highest BCUT2D eigenvalue weighted by Gasteiger charge is 2.38. The Morgan fingerprint density at radius 1 is 1.05 bits per heavy atom. The van der Waals surface area contributed by atoms with Crippen molar-refractivity contribution in [1.29, 1.82) is 0 Å². The fourth-order valence-corrected chi connectivity index (χ4v) is 6.63. The maximum Gasteiger partial charge on any atom is 0.490 e. The standard InChI is InChI=1S/C25H32N4O2S.C2HF3O2/c30-32(31,29-14-4-5-15-29)22-10-8-20(9-11-22)23-12-13-27-25-24(23)16-21(28-25)18-26-17-19-6-2-1-3-7-19;3-2(4,5)1(6)7/h8-13,16,19,26H,1-7,14-15,17-18H2,(H,27,28);(H,6,7). The highest BCUT2D eigenvalue weighted by Crippen LogP contribution is 2.30. The number of H-pyrrole nitrogens is 1. The molecule has 5 rings (SSSR count). The number of benzene rings is 1. The van der Waals surface area contributed by atoms with Crippen LogP contribution in [0.5, 0.6) is 0 Å². The van der Waals surface area contributed by atoms with Crippen LogP contribution in [-0.4, -0.2) is 59.6 Å². The predicted octanol–water partition coefficient (Wildman–Crippen LogP) is 5.32. The van der Waals surface area contributed by atoms with Crippen LogP contribution in [-0.2, 0) is 21.4 Å². The van der Waals surface area contributed by atoms with Crippen molar-refractivity contribution in [2.24, 2.45) is 5.92 Å². The Kier molecular flexibility index (Phi) is 9.29. The average Bonchev–Trinajstić information content (AvgIpc) is 3.60. The van der Waals surface area contributed by atoms with Gasteiger partial charge in [0.25, 0.3) is 0 Å². The van der Waals surface area contributed by atoms with Gasteiger partial charge in [-0.25, -0.2) is 18.2 Å². The van der Waals surface area contributed by atoms with Crippen LogP contribution < -0.4 is 5.32 Å². The van der Waals surface area contributed by atoms with Crippen LogP contribution in [0.15, 0.2) is 47.5 Å². The van der Waals surface area contributed by atoms with Crippen molar-refractivity contribution in [2.45, 2.75) is 62.6 Å². The average molecular weight is 567 g/mol. The van der Waals surface area contributed by atoms with Gasteiger partial charge < -0.3 is 15.4 Å². The number of fused-ring (bicyclic) bond motifs is 1. The summed E-state index contributed by atoms with van der Waals surface area (Å²) in [6, 6.07) is 11.4. The summed E-state index contributed by atoms with van der Waals surface area (Å²) in [5.41, 5.74) is 4.06. The number of nitrogens with one attached hydrogen (secondary N) is 2. The summed E-state index contributed by atoms with van der Waals surface area (Å²) in [5.74, 6) is -1.95. The molecule has 2 aliphatic rings. The van der Waals surface area contributed by atoms with Gasteiger partial charge in [0.2, 0.25) is 10.0 Å². The number of aromatic amines is 1. The molecule has 8 nitrogen and oxygen atoms in total. The second-order valence-corrected chi connectivity index (χ2v) is 11.9. The number of hydrogen-bond acceptors (Lipinski definition) is 5. The van der Waals surface area contributed by atoms with Crippen molar-refractivity contribution in [3.63, 3.8) is 0 Å². The number of pyridine rings is 1. The lowest BCUT2D eigenvalue weighted by Crippen LogP contribution is -2.27. The van der Waals surface area contributed by atoms with E-state index in [4.69, 9.17) is 9.90 Å². The van der Waals surface area contributed by atoms with E-state index in [0.29, 0.717) is 18.0 Å². The van der Waals surface area contributed by atoms with Crippen LogP contribution in [0, 0.1) is 5.92 Å². The van der Waals surface area contributed by atoms with Crippen LogP contribution in [0.1, 0.15) is 50.6 Å². The van der Waals surface area contributed by atoms with Gasteiger partial charge in [-0.15, -0.1) is 0 Å². The molecule has 0 radical (unpaired) electrons. The fourth-order valence-electron chi connectivity index (χ4n) is 5.11. The zero-order valence-electron chi connectivity index (χ0n) is 21.5. The second kappa shape index (κ2) is 12.5. The number of carboxylic acid groups (broad SMARTS) is 1. The molecule has 0 unspecified atom stereocenters. The number of nitrogens with zero attached hydrogens (tertiary/aromatic N) is 2. The summed E-state index contributed by atoms with van der Waals surface area (Å²) >= 11 is 0. The van der Waals surface area contributed by atoms with E-state index in [-0.39, 0.29) is 0 Å². The first-order chi connectivity index (χ1) is 18.6. The maximum atomic E-state index is 12.8. The molecule has 0 amide bonds. The van der Waals surface area contributed by atoms with Crippen molar-refractivity contribution in [3.8, 4) is 11.1 Å². The zero-order chi connectivity index (χ0) is 28.0. The number of sulfonamides is 1. The van der Waals surface area contributed by atoms with Crippen molar-refractivity contribution in [2.75, 3.05) is 19.6 Å². The van der Waals surface area contributed by atoms with Crippen LogP contribution in [0.4, 0.5) is 13.2 Å². The Balaban J connectivity index is 0.000000448. The zero-order valence-corrected chi connectivity index (χ0v) is 22.3. The third-order valence-electron chi connectivity index (χ3n) is 7.17. The molecule has 1 aromatic carbocycles. The van der Waals surface area contributed by atoms with E-state index in [9.17, 15) is 21.6 Å². The quantitative estimate of drug-likeness (QED) is 0.357. The van der Waals surface area contributed by atoms with Gasteiger partial charge >= 0.3 is 12.1 Å². The van der Waals surface area contributed by atoms with Gasteiger partial charge in [0, 0.05) is 36.9 Å². The molecule has 39 heavy (non-hydrogen) atoms. The molecule has 2 aromatic heterocycles. The van der Waals surface area contributed by atoms with Crippen molar-refractivity contribution in [3.05, 3.63) is 48.3 Å². The number of rotatable bonds is 7. The van der Waals surface area contributed by atoms with E-state index in [1.807, 2.05) is 24.4 Å². The first-order valence-corrected chi connectivity index (χ1v) is 14.6. The summed E-state index contributed by atoms with van der Waals surface area (Å²) in [6.07, 6.45) is 5.41. The minimum atomic E-state index is -5.08. The Morgan fingerprint density at radius 2 is 1.69 bits per heavy atom. The highest BCUT2D eigenvalue weighted by atomic mass is 32.2. The molecule has 2 fully saturated rings. The summed E-state index contributed by atoms with van der Waals surface area (Å²) < 4.78 is 59.0. The van der Waals surface area contributed by atoms with E-state index in [0.717, 1.165) is 59.7 Å². The van der Waals surface area contributed by atoms with Gasteiger partial charge in [0.1, 0.15) is 5.65 Å². The molecule has 0 atom stereocenters. The number of hydrogen-bond donors (Lipinski definition) is 3. The Hall–Kier alpha value is -2.96. The molecule has 1 aliphatic heterocycles. The third kappa shape index (κ3) is 7.37. The first kappa shape index (κ1) is 29.0. The predicted molar refractivity (Wildman–Crippen MR) is 141 cm³/mol. The van der Waals surface area contributed by atoms with E-state index in [1.54, 1.807) is 16.4 Å². The lowest BCUT2D eigenvalue weighted by atomic mass is 9.89. The van der Waals surface area contributed by atoms with Gasteiger partial charge in [-0.1, -0.05) is 31.4 Å². The SMILES string of the molecule is O=C(O)C(F)(F)F.O=S(=O)(c1ccc(-c2ccnc3[nH]c(CNCC4CCCCC4)cc23)cc1)N1CCCC1. The normalized spacial score (nSPS) is 17.2. The summed E-state index contributed by atoms with van der Waals surface area (Å²) in [7, 11) is -3.39. The minimum absolute atomic E-state index is 0.370. The molecule has 12 heteroatoms. The molecule has 1 saturated heterocycles. The first-order valence-electron chi connectivity index (χ1n) is 13.1. The topological polar surface area (TPSA) is 115 Å². The summed E-state index contributed by atoms with van der Waals surface area (Å²) in [4.78, 5) is 17.2. The maximum absolute atomic E-state index is 12.8. The van der Waals surface area contributed by atoms with E-state index >= 15 is 0 Å².